The van der Waals surface area contributed by atoms with Crippen LogP contribution in [-0.2, 0) is 25.5 Å². The first-order valence-corrected chi connectivity index (χ1v) is 12.1. The van der Waals surface area contributed by atoms with Gasteiger partial charge >= 0.3 is 0 Å². The number of aromatic nitrogens is 1. The fourth-order valence-electron chi connectivity index (χ4n) is 4.27. The lowest BCUT2D eigenvalue weighted by Crippen LogP contribution is -2.35. The van der Waals surface area contributed by atoms with Gasteiger partial charge in [-0.2, -0.15) is 0 Å². The highest BCUT2D eigenvalue weighted by molar-refractivity contribution is 7.93. The molecule has 1 aromatic heterocycles. The third-order valence-corrected chi connectivity index (χ3v) is 9.44. The minimum Gasteiger partial charge on any atom is -0.265 e. The Balaban J connectivity index is 1.74. The summed E-state index contributed by atoms with van der Waals surface area (Å²) in [5.41, 5.74) is 1.52. The second-order valence-electron chi connectivity index (χ2n) is 7.65. The van der Waals surface area contributed by atoms with Crippen LogP contribution in [0.25, 0.3) is 0 Å². The number of anilines is 1. The van der Waals surface area contributed by atoms with Gasteiger partial charge in [0.25, 0.3) is 10.0 Å². The lowest BCUT2D eigenvalue weighted by atomic mass is 9.82. The predicted octanol–water partition coefficient (Wildman–Crippen LogP) is 2.35. The molecule has 0 amide bonds. The smallest absolute Gasteiger partial charge is 0.264 e. The van der Waals surface area contributed by atoms with Crippen LogP contribution in [0.5, 0.6) is 0 Å². The fraction of sp³-hybridized carbons (Fsp3) is 0.421. The first-order chi connectivity index (χ1) is 13.2. The Labute approximate surface area is 166 Å². The van der Waals surface area contributed by atoms with Gasteiger partial charge < -0.3 is 0 Å². The van der Waals surface area contributed by atoms with Crippen molar-refractivity contribution in [3.05, 3.63) is 48.3 Å². The predicted molar refractivity (Wildman–Crippen MR) is 106 cm³/mol. The SMILES string of the molecule is CN(C)S(=O)(=O)c1ccc(S(=O)(=O)N2CC3(CCCC3)c3cnccc32)cc1. The minimum absolute atomic E-state index is 0.0646. The van der Waals surface area contributed by atoms with Gasteiger partial charge in [-0.3, -0.25) is 9.29 Å². The van der Waals surface area contributed by atoms with Crippen LogP contribution in [0, 0.1) is 0 Å². The lowest BCUT2D eigenvalue weighted by Gasteiger charge is -2.25. The third-order valence-electron chi connectivity index (χ3n) is 5.84. The summed E-state index contributed by atoms with van der Waals surface area (Å²) >= 11 is 0. The van der Waals surface area contributed by atoms with Gasteiger partial charge in [-0.1, -0.05) is 12.8 Å². The normalized spacial score (nSPS) is 18.8. The maximum Gasteiger partial charge on any atom is 0.264 e. The van der Waals surface area contributed by atoms with Crippen molar-refractivity contribution in [2.45, 2.75) is 40.9 Å². The van der Waals surface area contributed by atoms with Gasteiger partial charge in [0.2, 0.25) is 10.0 Å². The molecule has 28 heavy (non-hydrogen) atoms. The second kappa shape index (κ2) is 6.53. The summed E-state index contributed by atoms with van der Waals surface area (Å²) in [6, 6.07) is 7.18. The number of nitrogens with zero attached hydrogens (tertiary/aromatic N) is 3. The van der Waals surface area contributed by atoms with Crippen LogP contribution in [-0.4, -0.2) is 46.8 Å². The molecule has 2 aromatic rings. The van der Waals surface area contributed by atoms with Crippen molar-refractivity contribution < 1.29 is 16.8 Å². The highest BCUT2D eigenvalue weighted by Crippen LogP contribution is 2.51. The van der Waals surface area contributed by atoms with Crippen LogP contribution in [0.4, 0.5) is 5.69 Å². The zero-order valence-electron chi connectivity index (χ0n) is 15.9. The van der Waals surface area contributed by atoms with E-state index < -0.39 is 20.0 Å². The molecule has 1 fully saturated rings. The molecule has 150 valence electrons. The summed E-state index contributed by atoms with van der Waals surface area (Å²) in [5, 5.41) is 0. The lowest BCUT2D eigenvalue weighted by molar-refractivity contribution is 0.476. The van der Waals surface area contributed by atoms with Gasteiger partial charge in [-0.15, -0.1) is 0 Å². The summed E-state index contributed by atoms with van der Waals surface area (Å²) in [6.45, 7) is 0.411. The molecule has 0 unspecified atom stereocenters. The van der Waals surface area contributed by atoms with Crippen molar-refractivity contribution in [3.63, 3.8) is 0 Å². The van der Waals surface area contributed by atoms with Crippen molar-refractivity contribution in [2.75, 3.05) is 24.9 Å². The molecular weight excluding hydrogens is 398 g/mol. The molecule has 0 N–H and O–H groups in total. The van der Waals surface area contributed by atoms with Gasteiger partial charge in [0.1, 0.15) is 0 Å². The van der Waals surface area contributed by atoms with Crippen LogP contribution >= 0.6 is 0 Å². The molecule has 9 heteroatoms. The molecule has 2 aliphatic rings. The molecule has 0 atom stereocenters. The summed E-state index contributed by atoms with van der Waals surface area (Å²) < 4.78 is 53.8. The number of rotatable bonds is 4. The summed E-state index contributed by atoms with van der Waals surface area (Å²) in [5.74, 6) is 0. The molecule has 0 bridgehead atoms. The fourth-order valence-corrected chi connectivity index (χ4v) is 6.75. The monoisotopic (exact) mass is 421 g/mol. The Bertz CT molecular complexity index is 1100. The van der Waals surface area contributed by atoms with Crippen molar-refractivity contribution >= 4 is 25.7 Å². The maximum absolute atomic E-state index is 13.4. The van der Waals surface area contributed by atoms with Crippen molar-refractivity contribution in [3.8, 4) is 0 Å². The van der Waals surface area contributed by atoms with E-state index in [1.165, 1.54) is 42.7 Å². The average Bonchev–Trinajstić information content (AvgIpc) is 3.28. The van der Waals surface area contributed by atoms with E-state index in [9.17, 15) is 16.8 Å². The van der Waals surface area contributed by atoms with Gasteiger partial charge in [0.05, 0.1) is 15.5 Å². The maximum atomic E-state index is 13.4. The minimum atomic E-state index is -3.80. The Morgan fingerprint density at radius 1 is 0.964 bits per heavy atom. The van der Waals surface area contributed by atoms with Gasteiger partial charge in [0, 0.05) is 44.0 Å². The molecular formula is C19H23N3O4S2. The van der Waals surface area contributed by atoms with E-state index in [0.717, 1.165) is 35.6 Å². The summed E-state index contributed by atoms with van der Waals surface area (Å²) in [6.07, 6.45) is 7.49. The van der Waals surface area contributed by atoms with Crippen LogP contribution in [0.1, 0.15) is 31.2 Å². The average molecular weight is 422 g/mol. The number of fused-ring (bicyclic) bond motifs is 2. The van der Waals surface area contributed by atoms with Crippen LogP contribution in [0.3, 0.4) is 0 Å². The zero-order valence-corrected chi connectivity index (χ0v) is 17.5. The Morgan fingerprint density at radius 3 is 2.18 bits per heavy atom. The molecule has 1 aliphatic carbocycles. The van der Waals surface area contributed by atoms with Crippen LogP contribution < -0.4 is 4.31 Å². The number of pyridine rings is 1. The largest absolute Gasteiger partial charge is 0.265 e. The first-order valence-electron chi connectivity index (χ1n) is 9.18. The molecule has 0 saturated heterocycles. The van der Waals surface area contributed by atoms with E-state index in [1.54, 1.807) is 18.5 Å². The molecule has 2 heterocycles. The highest BCUT2D eigenvalue weighted by Gasteiger charge is 2.48. The quantitative estimate of drug-likeness (QED) is 0.756. The van der Waals surface area contributed by atoms with Gasteiger partial charge in [0.15, 0.2) is 0 Å². The standard InChI is InChI=1S/C19H23N3O4S2/c1-21(2)27(23,24)15-5-7-16(8-6-15)28(25,26)22-14-19(10-3-4-11-19)17-13-20-12-9-18(17)22/h5-9,12-13H,3-4,10-11,14H2,1-2H3. The third kappa shape index (κ3) is 2.84. The Kier molecular flexibility index (Phi) is 4.52. The highest BCUT2D eigenvalue weighted by atomic mass is 32.2. The molecule has 0 radical (unpaired) electrons. The molecule has 1 spiro atoms. The van der Waals surface area contributed by atoms with E-state index >= 15 is 0 Å². The molecule has 1 saturated carbocycles. The van der Waals surface area contributed by atoms with Gasteiger partial charge in [-0.05, 0) is 43.2 Å². The number of sulfonamides is 2. The van der Waals surface area contributed by atoms with E-state index in [2.05, 4.69) is 4.98 Å². The molecule has 1 aromatic carbocycles. The Morgan fingerprint density at radius 2 is 1.57 bits per heavy atom. The van der Waals surface area contributed by atoms with Crippen molar-refractivity contribution in [1.29, 1.82) is 0 Å². The molecule has 7 nitrogen and oxygen atoms in total. The van der Waals surface area contributed by atoms with E-state index in [-0.39, 0.29) is 15.2 Å². The first kappa shape index (κ1) is 19.4. The molecule has 1 aliphatic heterocycles. The summed E-state index contributed by atoms with van der Waals surface area (Å²) in [4.78, 5) is 4.38. The van der Waals surface area contributed by atoms with E-state index in [0.29, 0.717) is 12.2 Å². The van der Waals surface area contributed by atoms with E-state index in [4.69, 9.17) is 0 Å². The van der Waals surface area contributed by atoms with Crippen LogP contribution in [0.2, 0.25) is 0 Å². The van der Waals surface area contributed by atoms with Crippen molar-refractivity contribution in [2.24, 2.45) is 0 Å². The second-order valence-corrected chi connectivity index (χ2v) is 11.7. The molecule has 4 rings (SSSR count). The van der Waals surface area contributed by atoms with E-state index in [1.807, 2.05) is 0 Å². The topological polar surface area (TPSA) is 87.7 Å². The number of hydrogen-bond acceptors (Lipinski definition) is 5. The number of hydrogen-bond donors (Lipinski definition) is 0. The Hall–Kier alpha value is -1.97. The van der Waals surface area contributed by atoms with Gasteiger partial charge in [-0.25, -0.2) is 21.1 Å². The van der Waals surface area contributed by atoms with Crippen molar-refractivity contribution in [1.82, 2.24) is 9.29 Å². The van der Waals surface area contributed by atoms with Crippen LogP contribution in [0.15, 0.2) is 52.5 Å². The summed E-state index contributed by atoms with van der Waals surface area (Å²) in [7, 11) is -4.53. The zero-order chi connectivity index (χ0) is 20.2. The number of benzene rings is 1.